The summed E-state index contributed by atoms with van der Waals surface area (Å²) in [6, 6.07) is 8.15. The Labute approximate surface area is 136 Å². The van der Waals surface area contributed by atoms with Crippen molar-refractivity contribution in [2.45, 2.75) is 32.3 Å². The molecular weight excluding hydrogens is 350 g/mol. The molecule has 0 saturated heterocycles. The number of carbonyl (C=O) groups excluding carboxylic acids is 1. The Hall–Kier alpha value is -1.20. The van der Waals surface area contributed by atoms with Crippen LogP contribution in [0.2, 0.25) is 0 Å². The molecule has 0 N–H and O–H groups in total. The van der Waals surface area contributed by atoms with Crippen LogP contribution in [0.3, 0.4) is 0 Å². The molecule has 1 saturated carbocycles. The number of hydrogen-bond donors (Lipinski definition) is 0. The van der Waals surface area contributed by atoms with Crippen LogP contribution < -0.4 is 0 Å². The van der Waals surface area contributed by atoms with Gasteiger partial charge in [0.25, 0.3) is 0 Å². The highest BCUT2D eigenvalue weighted by Crippen LogP contribution is 2.48. The number of rotatable bonds is 4. The molecular formula is C16H16BrNO2S. The molecule has 1 aliphatic rings. The maximum Gasteiger partial charge on any atom is 0.310 e. The number of hydrogen-bond acceptors (Lipinski definition) is 4. The van der Waals surface area contributed by atoms with E-state index in [9.17, 15) is 4.79 Å². The predicted octanol–water partition coefficient (Wildman–Crippen LogP) is 4.62. The monoisotopic (exact) mass is 365 g/mol. The number of aryl methyl sites for hydroxylation is 1. The Morgan fingerprint density at radius 2 is 2.14 bits per heavy atom. The third kappa shape index (κ3) is 3.35. The summed E-state index contributed by atoms with van der Waals surface area (Å²) in [5, 5.41) is 2.84. The molecule has 1 unspecified atom stereocenters. The minimum absolute atomic E-state index is 0.00492. The molecule has 0 bridgehead atoms. The van der Waals surface area contributed by atoms with Crippen molar-refractivity contribution in [2.75, 3.05) is 0 Å². The average Bonchev–Trinajstić information content (AvgIpc) is 3.14. The van der Waals surface area contributed by atoms with Crippen molar-refractivity contribution in [3.63, 3.8) is 0 Å². The van der Waals surface area contributed by atoms with Gasteiger partial charge in [-0.1, -0.05) is 28.1 Å². The lowest BCUT2D eigenvalue weighted by molar-refractivity contribution is -0.150. The van der Waals surface area contributed by atoms with Gasteiger partial charge in [0, 0.05) is 15.5 Å². The summed E-state index contributed by atoms with van der Waals surface area (Å²) in [5.74, 6) is 0.189. The summed E-state index contributed by atoms with van der Waals surface area (Å²) in [4.78, 5) is 16.6. The number of thiazole rings is 1. The van der Waals surface area contributed by atoms with Gasteiger partial charge in [0.2, 0.25) is 0 Å². The Morgan fingerprint density at radius 1 is 1.43 bits per heavy atom. The largest absolute Gasteiger partial charge is 0.455 e. The smallest absolute Gasteiger partial charge is 0.310 e. The van der Waals surface area contributed by atoms with E-state index in [0.29, 0.717) is 5.92 Å². The summed E-state index contributed by atoms with van der Waals surface area (Å²) >= 11 is 4.96. The van der Waals surface area contributed by atoms with Gasteiger partial charge in [0.15, 0.2) is 6.10 Å². The molecule has 0 amide bonds. The minimum Gasteiger partial charge on any atom is -0.455 e. The Balaban J connectivity index is 1.59. The minimum atomic E-state index is -0.262. The number of halogens is 1. The summed E-state index contributed by atoms with van der Waals surface area (Å²) in [6.45, 7) is 3.83. The zero-order valence-corrected chi connectivity index (χ0v) is 14.3. The zero-order valence-electron chi connectivity index (χ0n) is 11.9. The highest BCUT2D eigenvalue weighted by Gasteiger charge is 2.45. The van der Waals surface area contributed by atoms with Crippen LogP contribution in [0.1, 0.15) is 41.6 Å². The summed E-state index contributed by atoms with van der Waals surface area (Å²) in [7, 11) is 0. The highest BCUT2D eigenvalue weighted by molar-refractivity contribution is 9.10. The predicted molar refractivity (Wildman–Crippen MR) is 86.3 cm³/mol. The maximum absolute atomic E-state index is 12.2. The lowest BCUT2D eigenvalue weighted by Gasteiger charge is -2.10. The van der Waals surface area contributed by atoms with Crippen molar-refractivity contribution >= 4 is 33.2 Å². The molecule has 2 aromatic rings. The lowest BCUT2D eigenvalue weighted by atomic mass is 10.1. The van der Waals surface area contributed by atoms with Crippen LogP contribution >= 0.6 is 27.3 Å². The van der Waals surface area contributed by atoms with Gasteiger partial charge in [-0.05, 0) is 43.9 Å². The number of esters is 1. The fraction of sp³-hybridized carbons (Fsp3) is 0.375. The van der Waals surface area contributed by atoms with Crippen LogP contribution in [0.15, 0.2) is 34.1 Å². The molecule has 0 aliphatic heterocycles. The molecule has 1 aromatic carbocycles. The normalized spacial score (nSPS) is 21.9. The van der Waals surface area contributed by atoms with Crippen LogP contribution in [0.25, 0.3) is 0 Å². The summed E-state index contributed by atoms with van der Waals surface area (Å²) < 4.78 is 6.60. The first-order valence-electron chi connectivity index (χ1n) is 6.92. The number of aromatic nitrogens is 1. The van der Waals surface area contributed by atoms with Gasteiger partial charge >= 0.3 is 5.97 Å². The molecule has 3 rings (SSSR count). The van der Waals surface area contributed by atoms with E-state index >= 15 is 0 Å². The zero-order chi connectivity index (χ0) is 15.0. The van der Waals surface area contributed by atoms with Gasteiger partial charge in [0.05, 0.1) is 5.92 Å². The van der Waals surface area contributed by atoms with Crippen LogP contribution in [0.4, 0.5) is 0 Å². The van der Waals surface area contributed by atoms with Crippen molar-refractivity contribution in [3.8, 4) is 0 Å². The van der Waals surface area contributed by atoms with Crippen molar-refractivity contribution in [1.29, 1.82) is 0 Å². The van der Waals surface area contributed by atoms with Crippen LogP contribution in [0, 0.1) is 12.8 Å². The second-order valence-corrected chi connectivity index (χ2v) is 7.21. The molecule has 0 spiro atoms. The van der Waals surface area contributed by atoms with E-state index in [1.54, 1.807) is 0 Å². The number of ether oxygens (including phenoxy) is 1. The third-order valence-electron chi connectivity index (χ3n) is 3.67. The maximum atomic E-state index is 12.2. The molecule has 1 aromatic heterocycles. The first-order chi connectivity index (χ1) is 10.0. The van der Waals surface area contributed by atoms with Gasteiger partial charge in [0.1, 0.15) is 5.01 Å². The van der Waals surface area contributed by atoms with Crippen LogP contribution in [-0.2, 0) is 9.53 Å². The summed E-state index contributed by atoms with van der Waals surface area (Å²) in [5.41, 5.74) is 2.18. The van der Waals surface area contributed by atoms with Crippen LogP contribution in [0.5, 0.6) is 0 Å². The highest BCUT2D eigenvalue weighted by atomic mass is 79.9. The second-order valence-electron chi connectivity index (χ2n) is 5.41. The molecule has 0 radical (unpaired) electrons. The van der Waals surface area contributed by atoms with E-state index in [0.717, 1.165) is 21.6 Å². The van der Waals surface area contributed by atoms with Gasteiger partial charge in [-0.15, -0.1) is 11.3 Å². The average molecular weight is 366 g/mol. The van der Waals surface area contributed by atoms with Gasteiger partial charge in [-0.2, -0.15) is 0 Å². The fourth-order valence-electron chi connectivity index (χ4n) is 2.40. The molecule has 21 heavy (non-hydrogen) atoms. The molecule has 1 heterocycles. The number of benzene rings is 1. The van der Waals surface area contributed by atoms with Crippen molar-refractivity contribution in [1.82, 2.24) is 4.98 Å². The van der Waals surface area contributed by atoms with E-state index in [-0.39, 0.29) is 18.0 Å². The Bertz CT molecular complexity index is 653. The first-order valence-corrected chi connectivity index (χ1v) is 8.60. The van der Waals surface area contributed by atoms with Gasteiger partial charge in [-0.3, -0.25) is 4.79 Å². The SMILES string of the molecule is Cc1csc(C(C)OC(=O)[C@@H]2C[C@H]2c2ccc(Br)cc2)n1. The molecule has 110 valence electrons. The second kappa shape index (κ2) is 5.89. The topological polar surface area (TPSA) is 39.2 Å². The quantitative estimate of drug-likeness (QED) is 0.741. The van der Waals surface area contributed by atoms with Crippen molar-refractivity contribution in [3.05, 3.63) is 50.4 Å². The molecule has 3 nitrogen and oxygen atoms in total. The van der Waals surface area contributed by atoms with E-state index in [2.05, 4.69) is 33.0 Å². The van der Waals surface area contributed by atoms with E-state index < -0.39 is 0 Å². The molecule has 3 atom stereocenters. The summed E-state index contributed by atoms with van der Waals surface area (Å²) in [6.07, 6.45) is 0.617. The Morgan fingerprint density at radius 3 is 2.76 bits per heavy atom. The van der Waals surface area contributed by atoms with Gasteiger partial charge in [-0.25, -0.2) is 4.98 Å². The van der Waals surface area contributed by atoms with E-state index in [4.69, 9.17) is 4.74 Å². The number of nitrogens with zero attached hydrogens (tertiary/aromatic N) is 1. The van der Waals surface area contributed by atoms with Gasteiger partial charge < -0.3 is 4.74 Å². The first kappa shape index (κ1) is 14.7. The van der Waals surface area contributed by atoms with E-state index in [1.165, 1.54) is 16.9 Å². The fourth-order valence-corrected chi connectivity index (χ4v) is 3.45. The molecule has 1 fully saturated rings. The van der Waals surface area contributed by atoms with E-state index in [1.807, 2.05) is 31.4 Å². The van der Waals surface area contributed by atoms with Crippen molar-refractivity contribution in [2.24, 2.45) is 5.92 Å². The standard InChI is InChI=1S/C16H16BrNO2S/c1-9-8-21-15(18-9)10(2)20-16(19)14-7-13(14)11-3-5-12(17)6-4-11/h3-6,8,10,13-14H,7H2,1-2H3/t10?,13-,14+/m0/s1. The lowest BCUT2D eigenvalue weighted by Crippen LogP contribution is -2.11. The molecule has 5 heteroatoms. The Kier molecular flexibility index (Phi) is 4.13. The molecule has 1 aliphatic carbocycles. The third-order valence-corrected chi connectivity index (χ3v) is 5.32. The van der Waals surface area contributed by atoms with Crippen LogP contribution in [-0.4, -0.2) is 11.0 Å². The number of carbonyl (C=O) groups is 1. The van der Waals surface area contributed by atoms with Crippen molar-refractivity contribution < 1.29 is 9.53 Å².